The smallest absolute Gasteiger partial charge is 0.236 e. The molecule has 0 radical (unpaired) electrons. The second-order valence-electron chi connectivity index (χ2n) is 5.07. The van der Waals surface area contributed by atoms with E-state index < -0.39 is 10.0 Å². The number of hydrogen-bond donors (Lipinski definition) is 1. The van der Waals surface area contributed by atoms with Crippen LogP contribution in [0.3, 0.4) is 0 Å². The predicted octanol–water partition coefficient (Wildman–Crippen LogP) is 0.101. The Labute approximate surface area is 126 Å². The molecule has 1 heterocycles. The van der Waals surface area contributed by atoms with E-state index in [1.54, 1.807) is 6.08 Å². The van der Waals surface area contributed by atoms with E-state index in [0.717, 1.165) is 25.2 Å². The summed E-state index contributed by atoms with van der Waals surface area (Å²) >= 11 is 0. The number of nitrogens with zero attached hydrogens (tertiary/aromatic N) is 2. The van der Waals surface area contributed by atoms with Crippen molar-refractivity contribution in [2.75, 3.05) is 32.7 Å². The first-order valence-corrected chi connectivity index (χ1v) is 8.56. The Balaban J connectivity index is 1.93. The molecule has 1 fully saturated rings. The minimum Gasteiger partial charge on any atom is -0.332 e. The molecular formula is C15H20N3O2S+. The van der Waals surface area contributed by atoms with Crippen LogP contribution in [0.25, 0.3) is 6.08 Å². The van der Waals surface area contributed by atoms with Crippen molar-refractivity contribution < 1.29 is 13.3 Å². The van der Waals surface area contributed by atoms with Gasteiger partial charge in [-0.2, -0.15) is 9.57 Å². The van der Waals surface area contributed by atoms with Crippen LogP contribution in [0.4, 0.5) is 0 Å². The molecule has 112 valence electrons. The molecule has 0 spiro atoms. The molecule has 6 heteroatoms. The maximum atomic E-state index is 12.3. The molecule has 0 aliphatic carbocycles. The van der Waals surface area contributed by atoms with Crippen LogP contribution in [-0.4, -0.2) is 45.4 Å². The number of quaternary nitrogens is 1. The van der Waals surface area contributed by atoms with Gasteiger partial charge in [0.05, 0.1) is 45.2 Å². The van der Waals surface area contributed by atoms with Gasteiger partial charge in [0.25, 0.3) is 0 Å². The van der Waals surface area contributed by atoms with Crippen LogP contribution in [0.5, 0.6) is 0 Å². The van der Waals surface area contributed by atoms with E-state index in [2.05, 4.69) is 6.07 Å². The van der Waals surface area contributed by atoms with Gasteiger partial charge in [-0.25, -0.2) is 8.42 Å². The van der Waals surface area contributed by atoms with Gasteiger partial charge in [0.2, 0.25) is 10.0 Å². The van der Waals surface area contributed by atoms with Crippen LogP contribution in [0.2, 0.25) is 0 Å². The molecular weight excluding hydrogens is 286 g/mol. The van der Waals surface area contributed by atoms with Gasteiger partial charge in [-0.15, -0.1) is 0 Å². The van der Waals surface area contributed by atoms with Crippen LogP contribution in [0.15, 0.2) is 35.7 Å². The van der Waals surface area contributed by atoms with E-state index >= 15 is 0 Å². The summed E-state index contributed by atoms with van der Waals surface area (Å²) in [6, 6.07) is 11.5. The van der Waals surface area contributed by atoms with Crippen LogP contribution < -0.4 is 4.90 Å². The molecule has 1 aliphatic rings. The fourth-order valence-electron chi connectivity index (χ4n) is 2.35. The predicted molar refractivity (Wildman–Crippen MR) is 81.8 cm³/mol. The van der Waals surface area contributed by atoms with Gasteiger partial charge in [-0.1, -0.05) is 30.3 Å². The lowest BCUT2D eigenvalue weighted by Gasteiger charge is -2.30. The third-order valence-corrected chi connectivity index (χ3v) is 5.18. The summed E-state index contributed by atoms with van der Waals surface area (Å²) in [7, 11) is -3.35. The van der Waals surface area contributed by atoms with Crippen molar-refractivity contribution in [1.82, 2.24) is 4.31 Å². The lowest BCUT2D eigenvalue weighted by molar-refractivity contribution is -0.903. The minimum atomic E-state index is -3.35. The molecule has 1 saturated heterocycles. The van der Waals surface area contributed by atoms with Gasteiger partial charge in [0, 0.05) is 5.41 Å². The normalized spacial score (nSPS) is 17.9. The Morgan fingerprint density at radius 1 is 1.24 bits per heavy atom. The monoisotopic (exact) mass is 306 g/mol. The van der Waals surface area contributed by atoms with Gasteiger partial charge in [0.1, 0.15) is 0 Å². The van der Waals surface area contributed by atoms with E-state index in [-0.39, 0.29) is 0 Å². The summed E-state index contributed by atoms with van der Waals surface area (Å²) in [4.78, 5) is 1.30. The number of rotatable bonds is 5. The maximum absolute atomic E-state index is 12.3. The third-order valence-electron chi connectivity index (χ3n) is 3.61. The van der Waals surface area contributed by atoms with E-state index in [1.807, 2.05) is 30.3 Å². The average molecular weight is 306 g/mol. The minimum absolute atomic E-state index is 0.516. The van der Waals surface area contributed by atoms with Gasteiger partial charge < -0.3 is 4.90 Å². The van der Waals surface area contributed by atoms with Gasteiger partial charge >= 0.3 is 0 Å². The van der Waals surface area contributed by atoms with Crippen LogP contribution in [-0.2, 0) is 10.0 Å². The second-order valence-corrected chi connectivity index (χ2v) is 6.88. The highest BCUT2D eigenvalue weighted by molar-refractivity contribution is 7.92. The van der Waals surface area contributed by atoms with Crippen molar-refractivity contribution in [2.24, 2.45) is 0 Å². The highest BCUT2D eigenvalue weighted by atomic mass is 32.2. The summed E-state index contributed by atoms with van der Waals surface area (Å²) in [6.45, 7) is 3.36. The average Bonchev–Trinajstić information content (AvgIpc) is 2.52. The summed E-state index contributed by atoms with van der Waals surface area (Å²) in [5, 5.41) is 9.86. The summed E-state index contributed by atoms with van der Waals surface area (Å²) in [5.41, 5.74) is 0.874. The number of sulfonamides is 1. The number of nitrogens with one attached hydrogen (secondary N) is 1. The highest BCUT2D eigenvalue weighted by Crippen LogP contribution is 2.08. The molecule has 1 aromatic rings. The second kappa shape index (κ2) is 7.36. The van der Waals surface area contributed by atoms with Crippen molar-refractivity contribution in [3.63, 3.8) is 0 Å². The Bertz CT molecular complexity index is 612. The molecule has 5 nitrogen and oxygen atoms in total. The van der Waals surface area contributed by atoms with E-state index in [9.17, 15) is 8.42 Å². The van der Waals surface area contributed by atoms with Gasteiger partial charge in [-0.3, -0.25) is 0 Å². The number of piperazine rings is 1. The zero-order valence-corrected chi connectivity index (χ0v) is 12.7. The van der Waals surface area contributed by atoms with Crippen LogP contribution >= 0.6 is 0 Å². The molecule has 21 heavy (non-hydrogen) atoms. The number of benzene rings is 1. The lowest BCUT2D eigenvalue weighted by Crippen LogP contribution is -3.14. The molecule has 1 aromatic carbocycles. The van der Waals surface area contributed by atoms with Crippen LogP contribution in [0, 0.1) is 11.3 Å². The van der Waals surface area contributed by atoms with Crippen LogP contribution in [0.1, 0.15) is 12.0 Å². The molecule has 0 aromatic heterocycles. The molecule has 2 rings (SSSR count). The summed E-state index contributed by atoms with van der Waals surface area (Å²) in [6.07, 6.45) is 2.15. The first kappa shape index (κ1) is 15.7. The molecule has 0 bridgehead atoms. The molecule has 0 atom stereocenters. The molecule has 0 unspecified atom stereocenters. The topological polar surface area (TPSA) is 65.6 Å². The molecule has 1 aliphatic heterocycles. The van der Waals surface area contributed by atoms with E-state index in [0.29, 0.717) is 19.5 Å². The SMILES string of the molecule is N#CCC[NH+]1CCN(S(=O)(=O)/C=C/c2ccccc2)CC1. The third kappa shape index (κ3) is 4.67. The lowest BCUT2D eigenvalue weighted by atomic mass is 10.2. The van der Waals surface area contributed by atoms with E-state index in [4.69, 9.17) is 5.26 Å². The Morgan fingerprint density at radius 3 is 2.52 bits per heavy atom. The summed E-state index contributed by atoms with van der Waals surface area (Å²) in [5.74, 6) is 0. The highest BCUT2D eigenvalue weighted by Gasteiger charge is 2.26. The Hall–Kier alpha value is -1.68. The first-order valence-electron chi connectivity index (χ1n) is 7.05. The van der Waals surface area contributed by atoms with Crippen molar-refractivity contribution in [3.8, 4) is 6.07 Å². The quantitative estimate of drug-likeness (QED) is 0.839. The van der Waals surface area contributed by atoms with Gasteiger partial charge in [-0.05, 0) is 11.6 Å². The van der Waals surface area contributed by atoms with Crippen molar-refractivity contribution >= 4 is 16.1 Å². The largest absolute Gasteiger partial charge is 0.332 e. The zero-order valence-electron chi connectivity index (χ0n) is 11.9. The number of hydrogen-bond acceptors (Lipinski definition) is 3. The zero-order chi connectivity index (χ0) is 15.1. The molecule has 0 saturated carbocycles. The van der Waals surface area contributed by atoms with Gasteiger partial charge in [0.15, 0.2) is 0 Å². The van der Waals surface area contributed by atoms with Crippen molar-refractivity contribution in [1.29, 1.82) is 5.26 Å². The Kier molecular flexibility index (Phi) is 5.51. The standard InChI is InChI=1S/C15H19N3O2S/c16-8-4-9-17-10-12-18(13-11-17)21(19,20)14-7-15-5-2-1-3-6-15/h1-3,5-7,14H,4,9-13H2/p+1/b14-7+. The summed E-state index contributed by atoms with van der Waals surface area (Å²) < 4.78 is 26.0. The van der Waals surface area contributed by atoms with E-state index in [1.165, 1.54) is 14.6 Å². The fraction of sp³-hybridized carbons (Fsp3) is 0.400. The molecule has 1 N–H and O–H groups in total. The first-order chi connectivity index (χ1) is 10.1. The number of nitriles is 1. The molecule has 0 amide bonds. The maximum Gasteiger partial charge on any atom is 0.236 e. The van der Waals surface area contributed by atoms with Crippen molar-refractivity contribution in [2.45, 2.75) is 6.42 Å². The van der Waals surface area contributed by atoms with Crippen molar-refractivity contribution in [3.05, 3.63) is 41.3 Å². The fourth-order valence-corrected chi connectivity index (χ4v) is 3.55. The Morgan fingerprint density at radius 2 is 1.90 bits per heavy atom.